The van der Waals surface area contributed by atoms with Crippen LogP contribution in [0.4, 0.5) is 11.4 Å². The summed E-state index contributed by atoms with van der Waals surface area (Å²) in [5.41, 5.74) is 5.29. The summed E-state index contributed by atoms with van der Waals surface area (Å²) in [6, 6.07) is 1.97. The van der Waals surface area contributed by atoms with Gasteiger partial charge in [0.25, 0.3) is 14.7 Å². The summed E-state index contributed by atoms with van der Waals surface area (Å²) in [5, 5.41) is 10.6. The maximum Gasteiger partial charge on any atom is 0.275 e. The lowest BCUT2D eigenvalue weighted by Gasteiger charge is -2.03. The van der Waals surface area contributed by atoms with E-state index < -0.39 is 14.0 Å². The zero-order valence-corrected chi connectivity index (χ0v) is 9.17. The molecule has 0 saturated heterocycles. The number of hydrogen-bond acceptors (Lipinski definition) is 5. The van der Waals surface area contributed by atoms with E-state index in [1.807, 2.05) is 0 Å². The van der Waals surface area contributed by atoms with E-state index in [2.05, 4.69) is 0 Å². The second kappa shape index (κ2) is 3.67. The Labute approximate surface area is 90.2 Å². The highest BCUT2D eigenvalue weighted by Crippen LogP contribution is 2.29. The van der Waals surface area contributed by atoms with Gasteiger partial charge in [0.2, 0.25) is 0 Å². The van der Waals surface area contributed by atoms with Crippen molar-refractivity contribution in [2.24, 2.45) is 0 Å². The van der Waals surface area contributed by atoms with Crippen LogP contribution in [0.15, 0.2) is 17.0 Å². The van der Waals surface area contributed by atoms with Gasteiger partial charge >= 0.3 is 0 Å². The standard InChI is InChI=1S/C7H7ClN2O4S/c1-4-6(9)2-5(15(8,13)14)3-7(4)10(11)12/h2-3H,9H2,1H3. The minimum Gasteiger partial charge on any atom is -0.398 e. The van der Waals surface area contributed by atoms with E-state index in [0.29, 0.717) is 0 Å². The van der Waals surface area contributed by atoms with Crippen LogP contribution in [-0.2, 0) is 9.05 Å². The van der Waals surface area contributed by atoms with E-state index in [4.69, 9.17) is 16.4 Å². The van der Waals surface area contributed by atoms with Gasteiger partial charge in [0.15, 0.2) is 0 Å². The van der Waals surface area contributed by atoms with E-state index in [0.717, 1.165) is 12.1 Å². The average molecular weight is 251 g/mol. The maximum absolute atomic E-state index is 11.0. The SMILES string of the molecule is Cc1c(N)cc(S(=O)(=O)Cl)cc1[N+](=O)[O-]. The molecule has 1 aromatic rings. The van der Waals surface area contributed by atoms with Crippen LogP contribution < -0.4 is 5.73 Å². The zero-order chi connectivity index (χ0) is 11.8. The van der Waals surface area contributed by atoms with Crippen molar-refractivity contribution in [3.63, 3.8) is 0 Å². The highest BCUT2D eigenvalue weighted by atomic mass is 35.7. The lowest BCUT2D eigenvalue weighted by molar-refractivity contribution is -0.385. The van der Waals surface area contributed by atoms with Crippen molar-refractivity contribution in [3.05, 3.63) is 27.8 Å². The summed E-state index contributed by atoms with van der Waals surface area (Å²) in [5.74, 6) is 0. The van der Waals surface area contributed by atoms with Gasteiger partial charge in [-0.25, -0.2) is 8.42 Å². The average Bonchev–Trinajstić information content (AvgIpc) is 2.06. The van der Waals surface area contributed by atoms with Gasteiger partial charge in [-0.2, -0.15) is 0 Å². The first-order valence-corrected chi connectivity index (χ1v) is 6.03. The number of nitro groups is 1. The molecule has 1 rings (SSSR count). The van der Waals surface area contributed by atoms with Gasteiger partial charge in [-0.15, -0.1) is 0 Å². The fraction of sp³-hybridized carbons (Fsp3) is 0.143. The molecule has 0 atom stereocenters. The van der Waals surface area contributed by atoms with Gasteiger partial charge in [0.05, 0.1) is 9.82 Å². The van der Waals surface area contributed by atoms with E-state index in [1.54, 1.807) is 0 Å². The third kappa shape index (κ3) is 2.37. The Bertz CT molecular complexity index is 526. The number of nitrogen functional groups attached to an aromatic ring is 1. The first-order valence-electron chi connectivity index (χ1n) is 3.72. The first kappa shape index (κ1) is 11.7. The van der Waals surface area contributed by atoms with Crippen molar-refractivity contribution >= 4 is 31.1 Å². The molecule has 0 aromatic heterocycles. The maximum atomic E-state index is 11.0. The van der Waals surface area contributed by atoms with Crippen LogP contribution in [-0.4, -0.2) is 13.3 Å². The first-order chi connectivity index (χ1) is 6.73. The summed E-state index contributed by atoms with van der Waals surface area (Å²) in [6.45, 7) is 1.43. The van der Waals surface area contributed by atoms with E-state index in [9.17, 15) is 18.5 Å². The molecular formula is C7H7ClN2O4S. The molecular weight excluding hydrogens is 244 g/mol. The number of nitrogens with two attached hydrogens (primary N) is 1. The normalized spacial score (nSPS) is 11.3. The Morgan fingerprint density at radius 2 is 2.00 bits per heavy atom. The molecule has 8 heteroatoms. The Hall–Kier alpha value is -1.34. The summed E-state index contributed by atoms with van der Waals surface area (Å²) < 4.78 is 21.9. The Morgan fingerprint density at radius 1 is 1.47 bits per heavy atom. The predicted molar refractivity (Wildman–Crippen MR) is 55.3 cm³/mol. The summed E-state index contributed by atoms with van der Waals surface area (Å²) in [6.07, 6.45) is 0. The van der Waals surface area contributed by atoms with Gasteiger partial charge in [0, 0.05) is 28.0 Å². The molecule has 0 spiro atoms. The molecule has 6 nitrogen and oxygen atoms in total. The minimum absolute atomic E-state index is 0.0171. The van der Waals surface area contributed by atoms with Crippen LogP contribution in [0.1, 0.15) is 5.56 Å². The molecule has 0 heterocycles. The topological polar surface area (TPSA) is 103 Å². The van der Waals surface area contributed by atoms with Crippen LogP contribution >= 0.6 is 10.7 Å². The van der Waals surface area contributed by atoms with Gasteiger partial charge in [-0.1, -0.05) is 0 Å². The summed E-state index contributed by atoms with van der Waals surface area (Å²) in [4.78, 5) is 9.48. The summed E-state index contributed by atoms with van der Waals surface area (Å²) >= 11 is 0. The van der Waals surface area contributed by atoms with E-state index in [1.165, 1.54) is 6.92 Å². The molecule has 0 radical (unpaired) electrons. The molecule has 0 amide bonds. The predicted octanol–water partition coefficient (Wildman–Crippen LogP) is 1.41. The van der Waals surface area contributed by atoms with Gasteiger partial charge < -0.3 is 5.73 Å². The molecule has 82 valence electrons. The third-order valence-corrected chi connectivity index (χ3v) is 3.21. The Morgan fingerprint density at radius 3 is 2.40 bits per heavy atom. The van der Waals surface area contributed by atoms with Crippen LogP contribution in [0, 0.1) is 17.0 Å². The Balaban J connectivity index is 3.57. The van der Waals surface area contributed by atoms with Gasteiger partial charge in [0.1, 0.15) is 0 Å². The molecule has 1 aromatic carbocycles. The second-order valence-electron chi connectivity index (χ2n) is 2.85. The van der Waals surface area contributed by atoms with Crippen LogP contribution in [0.3, 0.4) is 0 Å². The van der Waals surface area contributed by atoms with Crippen LogP contribution in [0.25, 0.3) is 0 Å². The number of rotatable bonds is 2. The molecule has 0 saturated carbocycles. The van der Waals surface area contributed by atoms with Crippen molar-refractivity contribution < 1.29 is 13.3 Å². The third-order valence-electron chi connectivity index (χ3n) is 1.87. The summed E-state index contributed by atoms with van der Waals surface area (Å²) in [7, 11) is 1.04. The van der Waals surface area contributed by atoms with Crippen molar-refractivity contribution in [3.8, 4) is 0 Å². The minimum atomic E-state index is -4.01. The quantitative estimate of drug-likeness (QED) is 0.370. The van der Waals surface area contributed by atoms with Crippen molar-refractivity contribution in [2.75, 3.05) is 5.73 Å². The molecule has 2 N–H and O–H groups in total. The van der Waals surface area contributed by atoms with Crippen molar-refractivity contribution in [1.82, 2.24) is 0 Å². The lowest BCUT2D eigenvalue weighted by Crippen LogP contribution is -2.00. The number of halogens is 1. The molecule has 0 bridgehead atoms. The number of nitrogens with zero attached hydrogens (tertiary/aromatic N) is 1. The lowest BCUT2D eigenvalue weighted by atomic mass is 10.1. The largest absolute Gasteiger partial charge is 0.398 e. The fourth-order valence-corrected chi connectivity index (χ4v) is 1.81. The van der Waals surface area contributed by atoms with Gasteiger partial charge in [-0.05, 0) is 13.0 Å². The zero-order valence-electron chi connectivity index (χ0n) is 7.60. The molecule has 15 heavy (non-hydrogen) atoms. The molecule has 0 aliphatic rings. The highest BCUT2D eigenvalue weighted by Gasteiger charge is 2.20. The van der Waals surface area contributed by atoms with Crippen LogP contribution in [0.5, 0.6) is 0 Å². The molecule has 0 fully saturated rings. The number of benzene rings is 1. The monoisotopic (exact) mass is 250 g/mol. The molecule has 0 aliphatic heterocycles. The van der Waals surface area contributed by atoms with Gasteiger partial charge in [-0.3, -0.25) is 10.1 Å². The van der Waals surface area contributed by atoms with E-state index >= 15 is 0 Å². The van der Waals surface area contributed by atoms with E-state index in [-0.39, 0.29) is 21.8 Å². The molecule has 0 aliphatic carbocycles. The number of anilines is 1. The Kier molecular flexibility index (Phi) is 2.87. The second-order valence-corrected chi connectivity index (χ2v) is 5.42. The van der Waals surface area contributed by atoms with Crippen molar-refractivity contribution in [2.45, 2.75) is 11.8 Å². The van der Waals surface area contributed by atoms with Crippen molar-refractivity contribution in [1.29, 1.82) is 0 Å². The number of hydrogen-bond donors (Lipinski definition) is 1. The number of nitro benzene ring substituents is 1. The molecule has 0 unspecified atom stereocenters. The fourth-order valence-electron chi connectivity index (χ4n) is 1.02. The van der Waals surface area contributed by atoms with Crippen LogP contribution in [0.2, 0.25) is 0 Å². The smallest absolute Gasteiger partial charge is 0.275 e. The highest BCUT2D eigenvalue weighted by molar-refractivity contribution is 8.13.